The third-order valence-corrected chi connectivity index (χ3v) is 1.66. The van der Waals surface area contributed by atoms with E-state index in [1.165, 1.54) is 0 Å². The van der Waals surface area contributed by atoms with Crippen LogP contribution in [-0.4, -0.2) is 6.04 Å². The molecule has 1 aromatic carbocycles. The van der Waals surface area contributed by atoms with Crippen LogP contribution < -0.4 is 0 Å². The third kappa shape index (κ3) is 2.45. The number of halogens is 4. The molecular weight excluding hydrogens is 205 g/mol. The van der Waals surface area contributed by atoms with Crippen molar-refractivity contribution in [3.63, 3.8) is 0 Å². The third-order valence-electron chi connectivity index (χ3n) is 1.44. The smallest absolute Gasteiger partial charge is 0.255 e. The molecule has 1 rings (SSSR count). The van der Waals surface area contributed by atoms with Crippen molar-refractivity contribution in [2.75, 3.05) is 0 Å². The van der Waals surface area contributed by atoms with Gasteiger partial charge in [-0.3, -0.25) is 4.79 Å². The molecule has 5 heteroatoms. The van der Waals surface area contributed by atoms with Gasteiger partial charge in [0.25, 0.3) is 0 Å². The minimum absolute atomic E-state index is 0.273. The molecule has 0 aromatic heterocycles. The molecule has 0 saturated carbocycles. The zero-order chi connectivity index (χ0) is 10.1. The molecule has 0 aliphatic rings. The molecule has 13 heavy (non-hydrogen) atoms. The Morgan fingerprint density at radius 3 is 2.00 bits per heavy atom. The molecule has 0 atom stereocenters. The van der Waals surface area contributed by atoms with E-state index in [0.29, 0.717) is 0 Å². The molecule has 1 nitrogen and oxygen atoms in total. The number of carbonyl (C=O) groups is 1. The first-order chi connectivity index (χ1) is 5.91. The van der Waals surface area contributed by atoms with E-state index in [9.17, 15) is 18.0 Å². The number of alkyl halides is 3. The predicted molar refractivity (Wildman–Crippen MR) is 41.6 cm³/mol. The van der Waals surface area contributed by atoms with Crippen LogP contribution in [0.4, 0.5) is 13.2 Å². The molecule has 0 heterocycles. The van der Waals surface area contributed by atoms with Crippen LogP contribution in [0.2, 0.25) is 0 Å². The lowest BCUT2D eigenvalue weighted by atomic mass is 10.1. The molecule has 0 spiro atoms. The average Bonchev–Trinajstić information content (AvgIpc) is 2.03. The Bertz CT molecular complexity index is 315. The van der Waals surface area contributed by atoms with E-state index in [1.54, 1.807) is 0 Å². The normalized spacial score (nSPS) is 11.4. The van der Waals surface area contributed by atoms with E-state index in [4.69, 9.17) is 0 Å². The van der Waals surface area contributed by atoms with Crippen LogP contribution in [0.5, 0.6) is 0 Å². The maximum Gasteiger partial charge on any atom is 0.348 e. The lowest BCUT2D eigenvalue weighted by molar-refractivity contribution is 0.0832. The van der Waals surface area contributed by atoms with Gasteiger partial charge < -0.3 is 0 Å². The van der Waals surface area contributed by atoms with E-state index in [2.05, 4.69) is 11.6 Å². The maximum absolute atomic E-state index is 12.4. The van der Waals surface area contributed by atoms with E-state index >= 15 is 0 Å². The maximum atomic E-state index is 12.4. The minimum Gasteiger partial charge on any atom is -0.255 e. The van der Waals surface area contributed by atoms with Crippen molar-refractivity contribution in [3.8, 4) is 0 Å². The summed E-state index contributed by atoms with van der Waals surface area (Å²) in [5.41, 5.74) is -0.746. The Kier molecular flexibility index (Phi) is 2.61. The fourth-order valence-corrected chi connectivity index (χ4v) is 0.916. The monoisotopic (exact) mass is 208 g/mol. The van der Waals surface area contributed by atoms with Gasteiger partial charge in [-0.1, -0.05) is 12.1 Å². The predicted octanol–water partition coefficient (Wildman–Crippen LogP) is 3.08. The van der Waals surface area contributed by atoms with Crippen molar-refractivity contribution >= 4 is 17.6 Å². The van der Waals surface area contributed by atoms with Crippen molar-refractivity contribution in [2.45, 2.75) is 5.38 Å². The highest BCUT2D eigenvalue weighted by Crippen LogP contribution is 2.32. The number of benzene rings is 1. The van der Waals surface area contributed by atoms with Crippen molar-refractivity contribution < 1.29 is 18.0 Å². The van der Waals surface area contributed by atoms with Gasteiger partial charge in [0.05, 0.1) is 5.56 Å². The van der Waals surface area contributed by atoms with Gasteiger partial charge in [0.2, 0.25) is 0 Å². The van der Waals surface area contributed by atoms with E-state index < -0.39 is 17.0 Å². The Balaban J connectivity index is 3.01. The SMILES string of the molecule is O=C(F)c1ccc(C(F)(F)Cl)cc1. The summed E-state index contributed by atoms with van der Waals surface area (Å²) in [7, 11) is 0. The first-order valence-corrected chi connectivity index (χ1v) is 3.66. The highest BCUT2D eigenvalue weighted by Gasteiger charge is 2.27. The van der Waals surface area contributed by atoms with E-state index in [1.807, 2.05) is 0 Å². The summed E-state index contributed by atoms with van der Waals surface area (Å²) in [5, 5.41) is -3.49. The van der Waals surface area contributed by atoms with E-state index in [-0.39, 0.29) is 5.56 Å². The Morgan fingerprint density at radius 2 is 1.69 bits per heavy atom. The van der Waals surface area contributed by atoms with Gasteiger partial charge in [-0.15, -0.1) is 0 Å². The molecule has 0 aliphatic heterocycles. The molecule has 0 unspecified atom stereocenters. The van der Waals surface area contributed by atoms with Crippen LogP contribution in [0.1, 0.15) is 15.9 Å². The summed E-state index contributed by atoms with van der Waals surface area (Å²) >= 11 is 4.68. The van der Waals surface area contributed by atoms with Gasteiger partial charge >= 0.3 is 11.4 Å². The molecule has 0 radical (unpaired) electrons. The number of rotatable bonds is 2. The standard InChI is InChI=1S/C8H4ClF3O/c9-8(11,12)6-3-1-5(2-4-6)7(10)13/h1-4H. The van der Waals surface area contributed by atoms with Crippen LogP contribution >= 0.6 is 11.6 Å². The largest absolute Gasteiger partial charge is 0.348 e. The molecular formula is C8H4ClF3O. The lowest BCUT2D eigenvalue weighted by Gasteiger charge is -2.06. The highest BCUT2D eigenvalue weighted by atomic mass is 35.5. The van der Waals surface area contributed by atoms with Gasteiger partial charge in [-0.05, 0) is 23.7 Å². The zero-order valence-corrected chi connectivity index (χ0v) is 6.99. The zero-order valence-electron chi connectivity index (χ0n) is 6.23. The summed E-state index contributed by atoms with van der Waals surface area (Å²) in [4.78, 5) is 10.1. The fourth-order valence-electron chi connectivity index (χ4n) is 0.790. The van der Waals surface area contributed by atoms with Gasteiger partial charge in [-0.2, -0.15) is 13.2 Å². The molecule has 0 aliphatic carbocycles. The van der Waals surface area contributed by atoms with Crippen LogP contribution in [0.15, 0.2) is 24.3 Å². The van der Waals surface area contributed by atoms with Crippen LogP contribution in [0.25, 0.3) is 0 Å². The Morgan fingerprint density at radius 1 is 1.23 bits per heavy atom. The summed E-state index contributed by atoms with van der Waals surface area (Å²) < 4.78 is 36.8. The first-order valence-electron chi connectivity index (χ1n) is 3.28. The number of hydrogen-bond donors (Lipinski definition) is 0. The second kappa shape index (κ2) is 3.38. The number of carbonyl (C=O) groups excluding carboxylic acids is 1. The van der Waals surface area contributed by atoms with Gasteiger partial charge in [0.15, 0.2) is 0 Å². The van der Waals surface area contributed by atoms with Crippen LogP contribution in [-0.2, 0) is 5.38 Å². The van der Waals surface area contributed by atoms with Gasteiger partial charge in [-0.25, -0.2) is 0 Å². The topological polar surface area (TPSA) is 17.1 Å². The Labute approximate surface area is 77.1 Å². The molecule has 0 saturated heterocycles. The highest BCUT2D eigenvalue weighted by molar-refractivity contribution is 6.21. The molecule has 1 aromatic rings. The summed E-state index contributed by atoms with van der Waals surface area (Å²) in [6, 6.07) is 2.05. The van der Waals surface area contributed by atoms with Crippen molar-refractivity contribution in [1.82, 2.24) is 0 Å². The second-order valence-electron chi connectivity index (χ2n) is 2.35. The van der Waals surface area contributed by atoms with Crippen LogP contribution in [0, 0.1) is 0 Å². The summed E-state index contributed by atoms with van der Waals surface area (Å²) in [6.07, 6.45) is 0. The van der Waals surface area contributed by atoms with Gasteiger partial charge in [0.1, 0.15) is 0 Å². The van der Waals surface area contributed by atoms with Crippen molar-refractivity contribution in [1.29, 1.82) is 0 Å². The number of hydrogen-bond acceptors (Lipinski definition) is 1. The first kappa shape index (κ1) is 10.1. The lowest BCUT2D eigenvalue weighted by Crippen LogP contribution is -2.03. The minimum atomic E-state index is -3.49. The summed E-state index contributed by atoms with van der Waals surface area (Å²) in [5.74, 6) is 0. The van der Waals surface area contributed by atoms with E-state index in [0.717, 1.165) is 24.3 Å². The molecule has 0 N–H and O–H groups in total. The van der Waals surface area contributed by atoms with Crippen molar-refractivity contribution in [3.05, 3.63) is 35.4 Å². The van der Waals surface area contributed by atoms with Gasteiger partial charge in [0, 0.05) is 5.56 Å². The van der Waals surface area contributed by atoms with Crippen LogP contribution in [0.3, 0.4) is 0 Å². The molecule has 0 bridgehead atoms. The summed E-state index contributed by atoms with van der Waals surface area (Å²) in [6.45, 7) is 0. The Hall–Kier alpha value is -1.03. The molecule has 0 fully saturated rings. The second-order valence-corrected chi connectivity index (χ2v) is 2.82. The molecule has 0 amide bonds. The average molecular weight is 209 g/mol. The quantitative estimate of drug-likeness (QED) is 0.539. The molecule has 70 valence electrons. The fraction of sp³-hybridized carbons (Fsp3) is 0.125. The van der Waals surface area contributed by atoms with Crippen molar-refractivity contribution in [2.24, 2.45) is 0 Å².